The molecule has 74 valence electrons. The van der Waals surface area contributed by atoms with E-state index in [2.05, 4.69) is 27.2 Å². The average molecular weight is 274 g/mol. The first-order valence-electron chi connectivity index (χ1n) is 3.78. The molecule has 0 aliphatic rings. The van der Waals surface area contributed by atoms with Gasteiger partial charge < -0.3 is 5.11 Å². The molecule has 1 rings (SSSR count). The number of aliphatic carboxylic acids is 1. The molecule has 1 aromatic rings. The molecule has 0 bridgehead atoms. The van der Waals surface area contributed by atoms with E-state index in [1.165, 1.54) is 11.3 Å². The van der Waals surface area contributed by atoms with Crippen LogP contribution in [0.2, 0.25) is 0 Å². The summed E-state index contributed by atoms with van der Waals surface area (Å²) in [6, 6.07) is 1.05. The molecule has 2 N–H and O–H groups in total. The van der Waals surface area contributed by atoms with E-state index < -0.39 is 12.0 Å². The highest BCUT2D eigenvalue weighted by Crippen LogP contribution is 2.25. The minimum atomic E-state index is -0.922. The first-order chi connectivity index (χ1) is 6.65. The van der Waals surface area contributed by atoms with Gasteiger partial charge >= 0.3 is 5.97 Å². The summed E-state index contributed by atoms with van der Waals surface area (Å²) < 4.78 is 0.881. The number of rotatable bonds is 4. The second-order valence-electron chi connectivity index (χ2n) is 2.52. The Hall–Kier alpha value is -0.830. The molecule has 1 heterocycles. The second-order valence-corrected chi connectivity index (χ2v) is 4.38. The minimum Gasteiger partial charge on any atom is -0.480 e. The highest BCUT2D eigenvalue weighted by atomic mass is 79.9. The topological polar surface area (TPSA) is 49.3 Å². The lowest BCUT2D eigenvalue weighted by Crippen LogP contribution is -2.27. The van der Waals surface area contributed by atoms with Crippen LogP contribution < -0.4 is 5.32 Å². The molecule has 0 aliphatic heterocycles. The first kappa shape index (κ1) is 11.2. The molecule has 0 saturated carbocycles. The zero-order valence-electron chi connectivity index (χ0n) is 7.16. The number of hydrogen-bond acceptors (Lipinski definition) is 3. The standard InChI is InChI=1S/C9H8BrNO2S/c1-2-3-11-8(9(12)13)7-4-6(10)5-14-7/h1,4-5,8,11H,3H2,(H,12,13). The molecule has 0 radical (unpaired) electrons. The number of carbonyl (C=O) groups is 1. The Morgan fingerprint density at radius 3 is 3.00 bits per heavy atom. The van der Waals surface area contributed by atoms with Crippen LogP contribution in [0.4, 0.5) is 0 Å². The summed E-state index contributed by atoms with van der Waals surface area (Å²) >= 11 is 4.64. The Bertz CT molecular complexity index is 369. The Morgan fingerprint density at radius 1 is 1.86 bits per heavy atom. The van der Waals surface area contributed by atoms with Crippen LogP contribution in [-0.2, 0) is 4.79 Å². The number of terminal acetylenes is 1. The quantitative estimate of drug-likeness (QED) is 0.824. The van der Waals surface area contributed by atoms with Gasteiger partial charge in [-0.2, -0.15) is 0 Å². The molecule has 0 saturated heterocycles. The van der Waals surface area contributed by atoms with Crippen molar-refractivity contribution in [2.45, 2.75) is 6.04 Å². The maximum Gasteiger partial charge on any atom is 0.326 e. The third kappa shape index (κ3) is 2.84. The van der Waals surface area contributed by atoms with Crippen molar-refractivity contribution in [2.24, 2.45) is 0 Å². The monoisotopic (exact) mass is 273 g/mol. The Balaban J connectivity index is 2.78. The van der Waals surface area contributed by atoms with Gasteiger partial charge in [0.2, 0.25) is 0 Å². The Morgan fingerprint density at radius 2 is 2.57 bits per heavy atom. The van der Waals surface area contributed by atoms with E-state index in [1.807, 2.05) is 5.38 Å². The molecular weight excluding hydrogens is 266 g/mol. The average Bonchev–Trinajstić information content (AvgIpc) is 2.52. The molecule has 3 nitrogen and oxygen atoms in total. The smallest absolute Gasteiger partial charge is 0.326 e. The maximum absolute atomic E-state index is 10.9. The third-order valence-corrected chi connectivity index (χ3v) is 3.29. The molecule has 0 aliphatic carbocycles. The molecule has 0 aromatic carbocycles. The van der Waals surface area contributed by atoms with Crippen LogP contribution in [0, 0.1) is 12.3 Å². The molecule has 1 aromatic heterocycles. The van der Waals surface area contributed by atoms with E-state index in [9.17, 15) is 4.79 Å². The zero-order chi connectivity index (χ0) is 10.6. The predicted molar refractivity (Wildman–Crippen MR) is 59.2 cm³/mol. The molecule has 1 unspecified atom stereocenters. The zero-order valence-corrected chi connectivity index (χ0v) is 9.56. The van der Waals surface area contributed by atoms with E-state index >= 15 is 0 Å². The summed E-state index contributed by atoms with van der Waals surface area (Å²) in [6.07, 6.45) is 5.05. The summed E-state index contributed by atoms with van der Waals surface area (Å²) in [5.74, 6) is 1.43. The van der Waals surface area contributed by atoms with Crippen LogP contribution in [0.5, 0.6) is 0 Å². The summed E-state index contributed by atoms with van der Waals surface area (Å²) in [4.78, 5) is 11.6. The normalized spacial score (nSPS) is 12.0. The van der Waals surface area contributed by atoms with Gasteiger partial charge in [-0.3, -0.25) is 10.1 Å². The van der Waals surface area contributed by atoms with Crippen molar-refractivity contribution in [3.8, 4) is 12.3 Å². The van der Waals surface area contributed by atoms with Crippen molar-refractivity contribution in [3.05, 3.63) is 20.8 Å². The maximum atomic E-state index is 10.9. The third-order valence-electron chi connectivity index (χ3n) is 1.53. The van der Waals surface area contributed by atoms with Crippen molar-refractivity contribution in [1.82, 2.24) is 5.32 Å². The number of carboxylic acid groups (broad SMARTS) is 1. The van der Waals surface area contributed by atoms with Crippen LogP contribution in [0.1, 0.15) is 10.9 Å². The van der Waals surface area contributed by atoms with Gasteiger partial charge in [-0.15, -0.1) is 17.8 Å². The number of thiophene rings is 1. The summed E-state index contributed by atoms with van der Waals surface area (Å²) in [7, 11) is 0. The highest BCUT2D eigenvalue weighted by molar-refractivity contribution is 9.10. The number of hydrogen-bond donors (Lipinski definition) is 2. The number of halogens is 1. The molecular formula is C9H8BrNO2S. The van der Waals surface area contributed by atoms with Crippen molar-refractivity contribution < 1.29 is 9.90 Å². The van der Waals surface area contributed by atoms with E-state index in [1.54, 1.807) is 6.07 Å². The molecule has 14 heavy (non-hydrogen) atoms. The van der Waals surface area contributed by atoms with Crippen LogP contribution in [0.25, 0.3) is 0 Å². The van der Waals surface area contributed by atoms with Gasteiger partial charge in [-0.1, -0.05) is 5.92 Å². The molecule has 0 amide bonds. The van der Waals surface area contributed by atoms with Crippen LogP contribution >= 0.6 is 27.3 Å². The summed E-state index contributed by atoms with van der Waals surface area (Å²) in [5, 5.41) is 13.5. The van der Waals surface area contributed by atoms with E-state index in [4.69, 9.17) is 11.5 Å². The van der Waals surface area contributed by atoms with Crippen LogP contribution in [0.3, 0.4) is 0 Å². The van der Waals surface area contributed by atoms with Crippen molar-refractivity contribution in [1.29, 1.82) is 0 Å². The van der Waals surface area contributed by atoms with Gasteiger partial charge in [0.15, 0.2) is 0 Å². The Kier molecular flexibility index (Phi) is 4.14. The highest BCUT2D eigenvalue weighted by Gasteiger charge is 2.20. The minimum absolute atomic E-state index is 0.243. The lowest BCUT2D eigenvalue weighted by atomic mass is 10.2. The fraction of sp³-hybridized carbons (Fsp3) is 0.222. The number of nitrogens with one attached hydrogen (secondary N) is 1. The Labute approximate surface area is 94.3 Å². The van der Waals surface area contributed by atoms with Gasteiger partial charge in [0.25, 0.3) is 0 Å². The first-order valence-corrected chi connectivity index (χ1v) is 5.46. The molecule has 5 heteroatoms. The van der Waals surface area contributed by atoms with Gasteiger partial charge in [0.05, 0.1) is 6.54 Å². The lowest BCUT2D eigenvalue weighted by molar-refractivity contribution is -0.139. The van der Waals surface area contributed by atoms with Crippen molar-refractivity contribution >= 4 is 33.2 Å². The van der Waals surface area contributed by atoms with Crippen LogP contribution in [-0.4, -0.2) is 17.6 Å². The van der Waals surface area contributed by atoms with E-state index in [0.29, 0.717) is 0 Å². The van der Waals surface area contributed by atoms with Gasteiger partial charge in [-0.05, 0) is 22.0 Å². The SMILES string of the molecule is C#CCNC(C(=O)O)c1cc(Br)cs1. The fourth-order valence-corrected chi connectivity index (χ4v) is 2.46. The molecule has 0 spiro atoms. The van der Waals surface area contributed by atoms with E-state index in [-0.39, 0.29) is 6.54 Å². The van der Waals surface area contributed by atoms with Crippen LogP contribution in [0.15, 0.2) is 15.9 Å². The predicted octanol–water partition coefficient (Wildman–Crippen LogP) is 1.86. The van der Waals surface area contributed by atoms with E-state index in [0.717, 1.165) is 9.35 Å². The summed E-state index contributed by atoms with van der Waals surface area (Å²) in [6.45, 7) is 0.243. The van der Waals surface area contributed by atoms with Gasteiger partial charge in [0.1, 0.15) is 6.04 Å². The molecule has 0 fully saturated rings. The summed E-state index contributed by atoms with van der Waals surface area (Å²) in [5.41, 5.74) is 0. The fourth-order valence-electron chi connectivity index (χ4n) is 0.950. The van der Waals surface area contributed by atoms with Gasteiger partial charge in [-0.25, -0.2) is 0 Å². The molecule has 1 atom stereocenters. The number of carboxylic acids is 1. The lowest BCUT2D eigenvalue weighted by Gasteiger charge is -2.09. The van der Waals surface area contributed by atoms with Crippen molar-refractivity contribution in [3.63, 3.8) is 0 Å². The van der Waals surface area contributed by atoms with Crippen molar-refractivity contribution in [2.75, 3.05) is 6.54 Å². The van der Waals surface area contributed by atoms with Gasteiger partial charge in [0, 0.05) is 14.7 Å². The largest absolute Gasteiger partial charge is 0.480 e. The second kappa shape index (κ2) is 5.15.